The van der Waals surface area contributed by atoms with Gasteiger partial charge in [0.15, 0.2) is 9.84 Å². The molecule has 1 fully saturated rings. The number of H-pyrrole nitrogens is 1. The summed E-state index contributed by atoms with van der Waals surface area (Å²) in [6, 6.07) is 3.97. The van der Waals surface area contributed by atoms with Crippen molar-refractivity contribution in [2.24, 2.45) is 15.0 Å². The summed E-state index contributed by atoms with van der Waals surface area (Å²) in [5, 5.41) is 0.994. The molecule has 0 atom stereocenters. The number of sulfone groups is 1. The normalized spacial score (nSPS) is 17.7. The highest BCUT2D eigenvalue weighted by Gasteiger charge is 2.20. The van der Waals surface area contributed by atoms with Gasteiger partial charge in [-0.3, -0.25) is 15.0 Å². The summed E-state index contributed by atoms with van der Waals surface area (Å²) < 4.78 is 29.1. The molecule has 0 bridgehead atoms. The van der Waals surface area contributed by atoms with Gasteiger partial charge in [-0.15, -0.1) is 12.6 Å². The quantitative estimate of drug-likeness (QED) is 0.218. The van der Waals surface area contributed by atoms with E-state index in [9.17, 15) is 8.42 Å². The Balaban J connectivity index is 1.99. The van der Waals surface area contributed by atoms with Crippen LogP contribution in [0, 0.1) is 0 Å². The summed E-state index contributed by atoms with van der Waals surface area (Å²) in [7, 11) is -1.59. The fourth-order valence-corrected chi connectivity index (χ4v) is 5.01. The number of allylic oxidation sites excluding steroid dienone is 5. The second-order valence-corrected chi connectivity index (χ2v) is 11.2. The maximum atomic E-state index is 11.8. The minimum atomic E-state index is -3.33. The molecule has 0 amide bonds. The maximum absolute atomic E-state index is 11.8. The predicted octanol–water partition coefficient (Wildman–Crippen LogP) is 4.35. The number of nitrogens with zero attached hydrogens (tertiary/aromatic N) is 5. The van der Waals surface area contributed by atoms with Gasteiger partial charge in [0.05, 0.1) is 28.7 Å². The number of hydrogen-bond donors (Lipinski definition) is 2. The summed E-state index contributed by atoms with van der Waals surface area (Å²) in [6.07, 6.45) is 12.9. The van der Waals surface area contributed by atoms with Crippen LogP contribution in [0.4, 0.5) is 0 Å². The molecule has 2 aromatic rings. The second kappa shape index (κ2) is 13.5. The molecule has 0 radical (unpaired) electrons. The van der Waals surface area contributed by atoms with Gasteiger partial charge in [0.1, 0.15) is 11.5 Å². The molecule has 1 N–H and O–H groups in total. The fraction of sp³-hybridized carbons (Fsp3) is 0.333. The number of amidine groups is 1. The minimum Gasteiger partial charge on any atom is -0.378 e. The molecule has 1 aliphatic heterocycles. The molecular formula is C27H34N6O3S2. The van der Waals surface area contributed by atoms with E-state index in [0.717, 1.165) is 39.8 Å². The average Bonchev–Trinajstić information content (AvgIpc) is 3.35. The molecule has 0 spiro atoms. The highest BCUT2D eigenvalue weighted by atomic mass is 32.2. The second-order valence-electron chi connectivity index (χ2n) is 8.73. The van der Waals surface area contributed by atoms with E-state index < -0.39 is 9.84 Å². The molecule has 202 valence electrons. The van der Waals surface area contributed by atoms with Crippen LogP contribution in [0.25, 0.3) is 11.0 Å². The van der Waals surface area contributed by atoms with Gasteiger partial charge in [-0.2, -0.15) is 0 Å². The third-order valence-electron chi connectivity index (χ3n) is 5.73. The number of rotatable bonds is 8. The summed E-state index contributed by atoms with van der Waals surface area (Å²) >= 11 is 4.88. The van der Waals surface area contributed by atoms with E-state index in [0.29, 0.717) is 36.9 Å². The van der Waals surface area contributed by atoms with Crippen molar-refractivity contribution in [3.05, 3.63) is 75.1 Å². The molecule has 0 aromatic carbocycles. The lowest BCUT2D eigenvalue weighted by Crippen LogP contribution is -2.41. The monoisotopic (exact) mass is 554 g/mol. The lowest BCUT2D eigenvalue weighted by Gasteiger charge is -2.30. The summed E-state index contributed by atoms with van der Waals surface area (Å²) in [6.45, 7) is 8.16. The number of aromatic nitrogens is 2. The number of aliphatic imine (C=N–C) groups is 3. The Labute approximate surface area is 229 Å². The van der Waals surface area contributed by atoms with Gasteiger partial charge < -0.3 is 14.6 Å². The molecule has 3 rings (SSSR count). The van der Waals surface area contributed by atoms with Crippen LogP contribution >= 0.6 is 12.6 Å². The zero-order valence-electron chi connectivity index (χ0n) is 22.3. The van der Waals surface area contributed by atoms with Crippen LogP contribution in [0.15, 0.2) is 84.5 Å². The van der Waals surface area contributed by atoms with Crippen LogP contribution < -0.4 is 0 Å². The van der Waals surface area contributed by atoms with E-state index >= 15 is 0 Å². The van der Waals surface area contributed by atoms with Crippen LogP contribution in [0.1, 0.15) is 26.3 Å². The molecule has 0 aliphatic carbocycles. The number of hydrogen-bond acceptors (Lipinski definition) is 8. The lowest BCUT2D eigenvalue weighted by atomic mass is 10.1. The minimum absolute atomic E-state index is 0.160. The molecule has 2 aromatic heterocycles. The van der Waals surface area contributed by atoms with E-state index in [1.165, 1.54) is 12.3 Å². The summed E-state index contributed by atoms with van der Waals surface area (Å²) in [5.41, 5.74) is 3.97. The number of morpholine rings is 1. The first-order valence-corrected chi connectivity index (χ1v) is 14.4. The molecular weight excluding hydrogens is 520 g/mol. The van der Waals surface area contributed by atoms with Crippen molar-refractivity contribution in [3.8, 4) is 0 Å². The third-order valence-corrected chi connectivity index (χ3v) is 7.34. The Morgan fingerprint density at radius 3 is 2.66 bits per heavy atom. The Morgan fingerprint density at radius 1 is 1.26 bits per heavy atom. The number of ether oxygens (including phenoxy) is 1. The van der Waals surface area contributed by atoms with Crippen LogP contribution in [0.3, 0.4) is 0 Å². The molecule has 3 heterocycles. The molecule has 11 heteroatoms. The topological polar surface area (TPSA) is 112 Å². The van der Waals surface area contributed by atoms with Gasteiger partial charge in [-0.1, -0.05) is 12.2 Å². The van der Waals surface area contributed by atoms with E-state index in [-0.39, 0.29) is 4.91 Å². The summed E-state index contributed by atoms with van der Waals surface area (Å²) in [4.78, 5) is 24.0. The number of thiol groups is 1. The molecule has 38 heavy (non-hydrogen) atoms. The molecule has 0 unspecified atom stereocenters. The van der Waals surface area contributed by atoms with Crippen molar-refractivity contribution in [1.29, 1.82) is 0 Å². The van der Waals surface area contributed by atoms with Crippen LogP contribution in [0.2, 0.25) is 0 Å². The number of nitrogens with one attached hydrogen (secondary N) is 1. The van der Waals surface area contributed by atoms with Crippen LogP contribution in [-0.4, -0.2) is 81.2 Å². The van der Waals surface area contributed by atoms with E-state index in [1.807, 2.05) is 38.3 Å². The van der Waals surface area contributed by atoms with Crippen LogP contribution in [0.5, 0.6) is 0 Å². The van der Waals surface area contributed by atoms with Crippen molar-refractivity contribution >= 4 is 51.8 Å². The number of fused-ring (bicyclic) bond motifs is 1. The third kappa shape index (κ3) is 7.86. The lowest BCUT2D eigenvalue weighted by molar-refractivity contribution is 0.0683. The van der Waals surface area contributed by atoms with Crippen molar-refractivity contribution < 1.29 is 13.2 Å². The van der Waals surface area contributed by atoms with Gasteiger partial charge in [-0.05, 0) is 44.1 Å². The van der Waals surface area contributed by atoms with Gasteiger partial charge in [-0.25, -0.2) is 13.4 Å². The van der Waals surface area contributed by atoms with Crippen molar-refractivity contribution in [2.45, 2.75) is 20.8 Å². The van der Waals surface area contributed by atoms with Crippen molar-refractivity contribution in [1.82, 2.24) is 14.9 Å². The smallest absolute Gasteiger partial charge is 0.176 e. The average molecular weight is 555 g/mol. The largest absolute Gasteiger partial charge is 0.378 e. The van der Waals surface area contributed by atoms with Gasteiger partial charge in [0, 0.05) is 68.4 Å². The Bertz CT molecular complexity index is 1470. The highest BCUT2D eigenvalue weighted by molar-refractivity contribution is 7.95. The van der Waals surface area contributed by atoms with Gasteiger partial charge in [0.25, 0.3) is 0 Å². The van der Waals surface area contributed by atoms with Crippen molar-refractivity contribution in [3.63, 3.8) is 0 Å². The number of aromatic amines is 1. The molecule has 0 saturated carbocycles. The molecule has 9 nitrogen and oxygen atoms in total. The van der Waals surface area contributed by atoms with E-state index in [4.69, 9.17) is 22.4 Å². The predicted molar refractivity (Wildman–Crippen MR) is 160 cm³/mol. The zero-order valence-corrected chi connectivity index (χ0v) is 24.1. The Kier molecular flexibility index (Phi) is 10.4. The summed E-state index contributed by atoms with van der Waals surface area (Å²) in [5.74, 6) is 0.737. The number of pyridine rings is 1. The van der Waals surface area contributed by atoms with Gasteiger partial charge >= 0.3 is 0 Å². The molecule has 1 aliphatic rings. The fourth-order valence-electron chi connectivity index (χ4n) is 3.85. The standard InChI is InChI=1S/C27H34N6O3S2/c1-6-23(38(5,34)35)18-29-15-19(2)13-20(3)24(25(37)27(28-4)33-9-11-36-12-10-33)31-16-21-14-22-7-8-30-26(22)32-17-21/h6-8,13-18,37H,9-12H2,1-5H3,(H,30,32)/b19-15+,20-13+,23-6+,25-24+,28-27?,29-18-,31-16?. The molecule has 1 saturated heterocycles. The first-order valence-electron chi connectivity index (χ1n) is 12.1. The maximum Gasteiger partial charge on any atom is 0.176 e. The Hall–Kier alpha value is -3.28. The van der Waals surface area contributed by atoms with E-state index in [1.54, 1.807) is 32.6 Å². The first-order chi connectivity index (χ1) is 18.1. The van der Waals surface area contributed by atoms with E-state index in [2.05, 4.69) is 24.9 Å². The Morgan fingerprint density at radius 2 is 2.00 bits per heavy atom. The van der Waals surface area contributed by atoms with Gasteiger partial charge in [0.2, 0.25) is 0 Å². The first kappa shape index (κ1) is 29.3. The van der Waals surface area contributed by atoms with Crippen LogP contribution in [-0.2, 0) is 14.6 Å². The van der Waals surface area contributed by atoms with Crippen molar-refractivity contribution in [2.75, 3.05) is 39.6 Å². The SMILES string of the molecule is C\C=C(/C=N\C=C(C)\C=C(C)\C(N=Cc1cnc2[nH]ccc2c1)=C(/S)C(=NC)N1CCOCC1)S(C)(=O)=O. The zero-order chi connectivity index (χ0) is 27.7. The highest BCUT2D eigenvalue weighted by Crippen LogP contribution is 2.24.